The van der Waals surface area contributed by atoms with Crippen molar-refractivity contribution in [3.8, 4) is 11.5 Å². The van der Waals surface area contributed by atoms with Crippen LogP contribution in [0, 0.1) is 0 Å². The number of amides is 1. The van der Waals surface area contributed by atoms with Crippen molar-refractivity contribution in [3.05, 3.63) is 46.8 Å². The number of benzene rings is 2. The Kier molecular flexibility index (Phi) is 7.70. The highest BCUT2D eigenvalue weighted by Gasteiger charge is 2.14. The number of hydrogen-bond donors (Lipinski definition) is 0. The van der Waals surface area contributed by atoms with Crippen LogP contribution in [-0.2, 0) is 32.3 Å². The van der Waals surface area contributed by atoms with Crippen molar-refractivity contribution in [3.63, 3.8) is 0 Å². The van der Waals surface area contributed by atoms with Crippen molar-refractivity contribution in [1.82, 2.24) is 4.57 Å². The number of sulfone groups is 1. The molecule has 2 aromatic carbocycles. The smallest absolute Gasteiger partial charge is 0.252 e. The monoisotopic (exact) mass is 478 g/mol. The first-order valence-electron chi connectivity index (χ1n) is 9.96. The van der Waals surface area contributed by atoms with Gasteiger partial charge in [-0.05, 0) is 24.6 Å². The second-order valence-electron chi connectivity index (χ2n) is 7.01. The Hall–Kier alpha value is -2.69. The Balaban J connectivity index is 1.97. The van der Waals surface area contributed by atoms with Gasteiger partial charge in [0.15, 0.2) is 26.1 Å². The van der Waals surface area contributed by atoms with E-state index >= 15 is 0 Å². The molecular weight excluding hydrogens is 452 g/mol. The van der Waals surface area contributed by atoms with E-state index in [0.29, 0.717) is 41.6 Å². The van der Waals surface area contributed by atoms with E-state index in [4.69, 9.17) is 14.2 Å². The molecule has 0 unspecified atom stereocenters. The lowest BCUT2D eigenvalue weighted by molar-refractivity contribution is -0.117. The Morgan fingerprint density at radius 1 is 1.09 bits per heavy atom. The molecule has 172 valence electrons. The molecule has 10 heteroatoms. The second-order valence-corrected chi connectivity index (χ2v) is 10.0. The number of thiazole rings is 1. The normalized spacial score (nSPS) is 12.3. The second kappa shape index (κ2) is 10.3. The number of methoxy groups -OCH3 is 2. The molecule has 0 radical (unpaired) electrons. The van der Waals surface area contributed by atoms with Gasteiger partial charge < -0.3 is 18.8 Å². The van der Waals surface area contributed by atoms with Gasteiger partial charge in [-0.15, -0.1) is 0 Å². The average Bonchev–Trinajstić information content (AvgIpc) is 3.08. The number of nitrogens with zero attached hydrogens (tertiary/aromatic N) is 2. The minimum atomic E-state index is -3.28. The molecular formula is C22H26N2O6S2. The van der Waals surface area contributed by atoms with Gasteiger partial charge in [-0.2, -0.15) is 4.99 Å². The molecule has 0 aliphatic heterocycles. The summed E-state index contributed by atoms with van der Waals surface area (Å²) in [6.45, 7) is 3.52. The number of rotatable bonds is 9. The quantitative estimate of drug-likeness (QED) is 0.439. The Morgan fingerprint density at radius 3 is 2.34 bits per heavy atom. The molecule has 1 heterocycles. The molecule has 0 saturated carbocycles. The number of carbonyl (C=O) groups excluding carboxylic acids is 1. The molecule has 1 aromatic heterocycles. The largest absolute Gasteiger partial charge is 0.493 e. The zero-order chi connectivity index (χ0) is 23.3. The van der Waals surface area contributed by atoms with E-state index in [0.717, 1.165) is 16.5 Å². The third-order valence-corrected chi connectivity index (χ3v) is 6.95. The molecule has 0 fully saturated rings. The van der Waals surface area contributed by atoms with Crippen LogP contribution in [-0.4, -0.2) is 52.6 Å². The summed E-state index contributed by atoms with van der Waals surface area (Å²) in [6.07, 6.45) is 1.21. The fourth-order valence-electron chi connectivity index (χ4n) is 3.17. The van der Waals surface area contributed by atoms with Gasteiger partial charge in [0, 0.05) is 31.5 Å². The predicted octanol–water partition coefficient (Wildman–Crippen LogP) is 2.83. The molecule has 0 N–H and O–H groups in total. The molecule has 0 atom stereocenters. The third kappa shape index (κ3) is 5.56. The Morgan fingerprint density at radius 2 is 1.75 bits per heavy atom. The standard InChI is InChI=1S/C22H26N2O6S2/c1-5-30-11-10-24-17-13-18(28-2)19(29-3)14-20(17)31-22(24)23-21(25)12-15-6-8-16(9-7-15)32(4,26)27/h6-9,13-14H,5,10-12H2,1-4H3. The van der Waals surface area contributed by atoms with E-state index < -0.39 is 9.84 Å². The van der Waals surface area contributed by atoms with Gasteiger partial charge in [-0.3, -0.25) is 4.79 Å². The van der Waals surface area contributed by atoms with Crippen molar-refractivity contribution >= 4 is 37.3 Å². The van der Waals surface area contributed by atoms with Crippen molar-refractivity contribution in [2.24, 2.45) is 4.99 Å². The third-order valence-electron chi connectivity index (χ3n) is 4.78. The molecule has 3 aromatic rings. The van der Waals surface area contributed by atoms with Gasteiger partial charge in [-0.1, -0.05) is 23.5 Å². The summed E-state index contributed by atoms with van der Waals surface area (Å²) in [4.78, 5) is 17.8. The number of carbonyl (C=O) groups is 1. The maximum Gasteiger partial charge on any atom is 0.252 e. The maximum atomic E-state index is 12.7. The molecule has 0 saturated heterocycles. The van der Waals surface area contributed by atoms with Gasteiger partial charge in [0.25, 0.3) is 5.91 Å². The molecule has 0 spiro atoms. The fraction of sp³-hybridized carbons (Fsp3) is 0.364. The van der Waals surface area contributed by atoms with Gasteiger partial charge >= 0.3 is 0 Å². The topological polar surface area (TPSA) is 96.2 Å². The zero-order valence-corrected chi connectivity index (χ0v) is 20.1. The summed E-state index contributed by atoms with van der Waals surface area (Å²) in [7, 11) is -0.135. The first-order valence-corrected chi connectivity index (χ1v) is 12.7. The zero-order valence-electron chi connectivity index (χ0n) is 18.5. The summed E-state index contributed by atoms with van der Waals surface area (Å²) in [5.41, 5.74) is 1.56. The van der Waals surface area contributed by atoms with E-state index in [1.165, 1.54) is 23.5 Å². The molecule has 3 rings (SSSR count). The van der Waals surface area contributed by atoms with E-state index in [1.54, 1.807) is 26.4 Å². The lowest BCUT2D eigenvalue weighted by atomic mass is 10.1. The van der Waals surface area contributed by atoms with Crippen LogP contribution in [0.2, 0.25) is 0 Å². The summed E-state index contributed by atoms with van der Waals surface area (Å²) in [6, 6.07) is 9.99. The fourth-order valence-corrected chi connectivity index (χ4v) is 4.89. The van der Waals surface area contributed by atoms with Gasteiger partial charge in [0.2, 0.25) is 0 Å². The van der Waals surface area contributed by atoms with Gasteiger partial charge in [0.05, 0.1) is 42.4 Å². The van der Waals surface area contributed by atoms with Crippen LogP contribution in [0.15, 0.2) is 46.3 Å². The highest BCUT2D eigenvalue weighted by atomic mass is 32.2. The highest BCUT2D eigenvalue weighted by molar-refractivity contribution is 7.90. The molecule has 8 nitrogen and oxygen atoms in total. The Labute approximate surface area is 191 Å². The summed E-state index contributed by atoms with van der Waals surface area (Å²) in [5, 5.41) is 0. The molecule has 0 aliphatic rings. The summed E-state index contributed by atoms with van der Waals surface area (Å²) < 4.78 is 42.4. The number of hydrogen-bond acceptors (Lipinski definition) is 7. The minimum absolute atomic E-state index is 0.0659. The van der Waals surface area contributed by atoms with Crippen molar-refractivity contribution in [2.45, 2.75) is 24.8 Å². The molecule has 0 bridgehead atoms. The van der Waals surface area contributed by atoms with Crippen LogP contribution >= 0.6 is 11.3 Å². The van der Waals surface area contributed by atoms with Crippen molar-refractivity contribution in [2.75, 3.05) is 33.7 Å². The molecule has 1 amide bonds. The van der Waals surface area contributed by atoms with Crippen LogP contribution in [0.5, 0.6) is 11.5 Å². The summed E-state index contributed by atoms with van der Waals surface area (Å²) in [5.74, 6) is 0.863. The van der Waals surface area contributed by atoms with Crippen LogP contribution in [0.3, 0.4) is 0 Å². The van der Waals surface area contributed by atoms with Gasteiger partial charge in [-0.25, -0.2) is 8.42 Å². The Bertz CT molecular complexity index is 1270. The van der Waals surface area contributed by atoms with Crippen LogP contribution in [0.1, 0.15) is 12.5 Å². The first-order chi connectivity index (χ1) is 15.3. The van der Waals surface area contributed by atoms with Crippen LogP contribution < -0.4 is 14.3 Å². The van der Waals surface area contributed by atoms with E-state index in [1.807, 2.05) is 23.6 Å². The lowest BCUT2D eigenvalue weighted by Gasteiger charge is -2.09. The predicted molar refractivity (Wildman–Crippen MR) is 123 cm³/mol. The first kappa shape index (κ1) is 24.0. The lowest BCUT2D eigenvalue weighted by Crippen LogP contribution is -2.20. The highest BCUT2D eigenvalue weighted by Crippen LogP contribution is 2.33. The van der Waals surface area contributed by atoms with Gasteiger partial charge in [0.1, 0.15) is 0 Å². The van der Waals surface area contributed by atoms with E-state index in [-0.39, 0.29) is 17.2 Å². The number of aromatic nitrogens is 1. The number of fused-ring (bicyclic) bond motifs is 1. The maximum absolute atomic E-state index is 12.7. The SMILES string of the molecule is CCOCCn1c(=NC(=O)Cc2ccc(S(C)(=O)=O)cc2)sc2cc(OC)c(OC)cc21. The van der Waals surface area contributed by atoms with Crippen molar-refractivity contribution in [1.29, 1.82) is 0 Å². The number of ether oxygens (including phenoxy) is 3. The van der Waals surface area contributed by atoms with E-state index in [2.05, 4.69) is 4.99 Å². The van der Waals surface area contributed by atoms with Crippen molar-refractivity contribution < 1.29 is 27.4 Å². The summed E-state index contributed by atoms with van der Waals surface area (Å²) >= 11 is 1.38. The molecule has 32 heavy (non-hydrogen) atoms. The molecule has 0 aliphatic carbocycles. The van der Waals surface area contributed by atoms with E-state index in [9.17, 15) is 13.2 Å². The van der Waals surface area contributed by atoms with Crippen LogP contribution in [0.25, 0.3) is 10.2 Å². The van der Waals surface area contributed by atoms with Crippen LogP contribution in [0.4, 0.5) is 0 Å². The average molecular weight is 479 g/mol. The minimum Gasteiger partial charge on any atom is -0.493 e.